The Kier molecular flexibility index (Phi) is 6.17. The molecule has 2 fully saturated rings. The molecule has 1 amide bonds. The molecule has 0 bridgehead atoms. The zero-order chi connectivity index (χ0) is 16.2. The molecule has 1 aliphatic heterocycles. The number of carbonyl (C=O) groups is 1. The highest BCUT2D eigenvalue weighted by Gasteiger charge is 2.33. The monoisotopic (exact) mass is 371 g/mol. The lowest BCUT2D eigenvalue weighted by molar-refractivity contribution is -0.0848. The van der Waals surface area contributed by atoms with Gasteiger partial charge in [-0.2, -0.15) is 0 Å². The van der Waals surface area contributed by atoms with Crippen LogP contribution in [0.3, 0.4) is 0 Å². The molecule has 124 valence electrons. The summed E-state index contributed by atoms with van der Waals surface area (Å²) < 4.78 is 11.5. The Balaban J connectivity index is 1.65. The van der Waals surface area contributed by atoms with E-state index in [1.165, 1.54) is 0 Å². The largest absolute Gasteiger partial charge is 0.444 e. The lowest BCUT2D eigenvalue weighted by atomic mass is 9.82. The fraction of sp³-hybridized carbons (Fsp3) is 0.824. The van der Waals surface area contributed by atoms with Crippen LogP contribution < -0.4 is 0 Å². The van der Waals surface area contributed by atoms with Crippen LogP contribution in [0, 0.1) is 17.8 Å². The predicted molar refractivity (Wildman–Crippen MR) is 90.0 cm³/mol. The Morgan fingerprint density at radius 2 is 1.86 bits per heavy atom. The van der Waals surface area contributed by atoms with Crippen molar-refractivity contribution in [2.75, 3.05) is 18.4 Å². The van der Waals surface area contributed by atoms with Crippen LogP contribution in [0.5, 0.6) is 0 Å². The second-order valence-electron chi connectivity index (χ2n) is 7.05. The average Bonchev–Trinajstić information content (AvgIpc) is 2.40. The van der Waals surface area contributed by atoms with Crippen LogP contribution in [0.25, 0.3) is 0 Å². The molecule has 1 saturated heterocycles. The molecule has 0 aromatic rings. The fourth-order valence-corrected chi connectivity index (χ4v) is 2.91. The maximum Gasteiger partial charge on any atom is 0.410 e. The zero-order valence-corrected chi connectivity index (χ0v) is 15.3. The van der Waals surface area contributed by atoms with Gasteiger partial charge in [0.1, 0.15) is 5.60 Å². The van der Waals surface area contributed by atoms with Crippen LogP contribution >= 0.6 is 15.9 Å². The minimum atomic E-state index is -0.429. The van der Waals surface area contributed by atoms with Gasteiger partial charge < -0.3 is 14.4 Å². The van der Waals surface area contributed by atoms with Gasteiger partial charge >= 0.3 is 6.09 Å². The van der Waals surface area contributed by atoms with Crippen molar-refractivity contribution >= 4 is 22.0 Å². The molecule has 0 radical (unpaired) electrons. The van der Waals surface area contributed by atoms with E-state index in [-0.39, 0.29) is 12.2 Å². The third-order valence-corrected chi connectivity index (χ3v) is 4.23. The van der Waals surface area contributed by atoms with Crippen LogP contribution in [-0.4, -0.2) is 47.2 Å². The minimum absolute atomic E-state index is 0.209. The molecule has 5 heteroatoms. The summed E-state index contributed by atoms with van der Waals surface area (Å²) in [5.41, 5.74) is -0.429. The van der Waals surface area contributed by atoms with E-state index in [4.69, 9.17) is 9.47 Å². The highest BCUT2D eigenvalue weighted by Crippen LogP contribution is 2.32. The molecule has 0 aromatic carbocycles. The van der Waals surface area contributed by atoms with E-state index in [1.807, 2.05) is 20.8 Å². The first-order valence-corrected chi connectivity index (χ1v) is 9.17. The minimum Gasteiger partial charge on any atom is -0.444 e. The summed E-state index contributed by atoms with van der Waals surface area (Å²) in [7, 11) is 0. The Morgan fingerprint density at radius 1 is 1.23 bits per heavy atom. The number of hydrogen-bond acceptors (Lipinski definition) is 3. The van der Waals surface area contributed by atoms with Crippen molar-refractivity contribution in [3.63, 3.8) is 0 Å². The van der Waals surface area contributed by atoms with Gasteiger partial charge in [-0.15, -0.1) is 0 Å². The predicted octanol–water partition coefficient (Wildman–Crippen LogP) is 3.58. The van der Waals surface area contributed by atoms with Crippen LogP contribution in [0.1, 0.15) is 46.5 Å². The number of hydrogen-bond donors (Lipinski definition) is 0. The molecule has 22 heavy (non-hydrogen) atoms. The van der Waals surface area contributed by atoms with Gasteiger partial charge in [0.05, 0.1) is 17.5 Å². The number of halogens is 1. The van der Waals surface area contributed by atoms with Crippen LogP contribution in [0.4, 0.5) is 4.79 Å². The Labute approximate surface area is 142 Å². The van der Waals surface area contributed by atoms with Crippen LogP contribution in [0.2, 0.25) is 0 Å². The Morgan fingerprint density at radius 3 is 2.41 bits per heavy atom. The number of amides is 1. The molecule has 4 nitrogen and oxygen atoms in total. The third kappa shape index (κ3) is 5.48. The van der Waals surface area contributed by atoms with Gasteiger partial charge in [0.2, 0.25) is 0 Å². The lowest BCUT2D eigenvalue weighted by Crippen LogP contribution is -2.45. The van der Waals surface area contributed by atoms with Gasteiger partial charge in [-0.1, -0.05) is 27.8 Å². The summed E-state index contributed by atoms with van der Waals surface area (Å²) in [6.07, 6.45) is 4.31. The molecule has 2 aliphatic rings. The number of nitrogens with zero attached hydrogens (tertiary/aromatic N) is 1. The van der Waals surface area contributed by atoms with Crippen LogP contribution in [-0.2, 0) is 9.47 Å². The van der Waals surface area contributed by atoms with Gasteiger partial charge in [0.15, 0.2) is 0 Å². The molecule has 2 rings (SSSR count). The smallest absolute Gasteiger partial charge is 0.410 e. The molecule has 1 aliphatic carbocycles. The summed E-state index contributed by atoms with van der Waals surface area (Å²) >= 11 is 3.31. The van der Waals surface area contributed by atoms with Gasteiger partial charge in [0, 0.05) is 19.0 Å². The summed E-state index contributed by atoms with van der Waals surface area (Å²) in [6.45, 7) is 7.13. The van der Waals surface area contributed by atoms with E-state index in [9.17, 15) is 4.79 Å². The number of ether oxygens (including phenoxy) is 2. The molecular formula is C17H26BrNO3. The molecule has 1 heterocycles. The highest BCUT2D eigenvalue weighted by molar-refractivity contribution is 9.09. The molecule has 0 spiro atoms. The van der Waals surface area contributed by atoms with E-state index in [0.29, 0.717) is 12.0 Å². The summed E-state index contributed by atoms with van der Waals surface area (Å²) in [5, 5.41) is 0.748. The summed E-state index contributed by atoms with van der Waals surface area (Å²) in [6, 6.07) is 0. The van der Waals surface area contributed by atoms with Crippen molar-refractivity contribution < 1.29 is 14.3 Å². The second-order valence-corrected chi connectivity index (χ2v) is 7.61. The first-order valence-electron chi connectivity index (χ1n) is 8.05. The van der Waals surface area contributed by atoms with Crippen molar-refractivity contribution in [2.24, 2.45) is 5.92 Å². The first-order chi connectivity index (χ1) is 10.4. The fourth-order valence-electron chi connectivity index (χ4n) is 2.75. The molecule has 0 unspecified atom stereocenters. The number of alkyl halides is 1. The van der Waals surface area contributed by atoms with Gasteiger partial charge in [-0.3, -0.25) is 0 Å². The van der Waals surface area contributed by atoms with Crippen LogP contribution in [0.15, 0.2) is 0 Å². The first kappa shape index (κ1) is 17.6. The third-order valence-electron chi connectivity index (χ3n) is 3.95. The molecule has 1 saturated carbocycles. The average molecular weight is 372 g/mol. The summed E-state index contributed by atoms with van der Waals surface area (Å²) in [4.78, 5) is 13.8. The number of carbonyl (C=O) groups excluding carboxylic acids is 1. The van der Waals surface area contributed by atoms with Crippen molar-refractivity contribution in [3.05, 3.63) is 0 Å². The van der Waals surface area contributed by atoms with Crippen molar-refractivity contribution in [3.8, 4) is 11.8 Å². The normalized spacial score (nSPS) is 25.9. The van der Waals surface area contributed by atoms with Crippen molar-refractivity contribution in [1.29, 1.82) is 0 Å². The van der Waals surface area contributed by atoms with E-state index >= 15 is 0 Å². The Bertz CT molecular complexity index is 435. The van der Waals surface area contributed by atoms with E-state index in [2.05, 4.69) is 27.8 Å². The molecular weight excluding hydrogens is 346 g/mol. The van der Waals surface area contributed by atoms with Crippen molar-refractivity contribution in [1.82, 2.24) is 4.90 Å². The number of rotatable bonds is 2. The van der Waals surface area contributed by atoms with E-state index in [0.717, 1.165) is 44.1 Å². The van der Waals surface area contributed by atoms with Crippen molar-refractivity contribution in [2.45, 2.75) is 64.3 Å². The van der Waals surface area contributed by atoms with Gasteiger partial charge in [-0.05, 0) is 46.5 Å². The quantitative estimate of drug-likeness (QED) is 0.549. The maximum atomic E-state index is 12.0. The standard InChI is InChI=1S/C17H26BrNO3/c1-17(2,3)22-16(20)19-9-6-14(7-10-19)21-15-11-13(12-15)5-4-8-18/h13-15H,6-12H2,1-3H3/t13-,15-. The molecule has 0 N–H and O–H groups in total. The van der Waals surface area contributed by atoms with E-state index in [1.54, 1.807) is 4.90 Å². The van der Waals surface area contributed by atoms with E-state index < -0.39 is 5.60 Å². The van der Waals surface area contributed by atoms with Gasteiger partial charge in [-0.25, -0.2) is 4.79 Å². The number of piperidine rings is 1. The maximum absolute atomic E-state index is 12.0. The topological polar surface area (TPSA) is 38.8 Å². The lowest BCUT2D eigenvalue weighted by Gasteiger charge is -2.38. The summed E-state index contributed by atoms with van der Waals surface area (Å²) in [5.74, 6) is 6.80. The highest BCUT2D eigenvalue weighted by atomic mass is 79.9. The molecule has 0 atom stereocenters. The van der Waals surface area contributed by atoms with Gasteiger partial charge in [0.25, 0.3) is 0 Å². The Hall–Kier alpha value is -0.730. The molecule has 0 aromatic heterocycles. The number of likely N-dealkylation sites (tertiary alicyclic amines) is 1. The SMILES string of the molecule is CC(C)(C)OC(=O)N1CCC(O[C@H]2C[C@H](C#CCBr)C2)CC1. The zero-order valence-electron chi connectivity index (χ0n) is 13.7. The second kappa shape index (κ2) is 7.70.